The fourth-order valence-corrected chi connectivity index (χ4v) is 3.86. The molecule has 1 heterocycles. The Balaban J connectivity index is 1.25. The van der Waals surface area contributed by atoms with Crippen molar-refractivity contribution in [2.24, 2.45) is 5.92 Å². The summed E-state index contributed by atoms with van der Waals surface area (Å²) in [5, 5.41) is 3.01. The van der Waals surface area contributed by atoms with Gasteiger partial charge in [-0.15, -0.1) is 0 Å². The van der Waals surface area contributed by atoms with E-state index in [4.69, 9.17) is 9.47 Å². The number of urea groups is 1. The fraction of sp³-hybridized carbons (Fsp3) is 0.500. The van der Waals surface area contributed by atoms with Crippen LogP contribution in [0.1, 0.15) is 44.7 Å². The molecule has 2 amide bonds. The van der Waals surface area contributed by atoms with Crippen LogP contribution in [-0.2, 0) is 0 Å². The lowest BCUT2D eigenvalue weighted by atomic mass is 10.1. The molecule has 6 nitrogen and oxygen atoms in total. The number of anilines is 1. The van der Waals surface area contributed by atoms with Crippen molar-refractivity contribution in [2.75, 3.05) is 38.2 Å². The third-order valence-electron chi connectivity index (χ3n) is 6.37. The maximum Gasteiger partial charge on any atom is 0.317 e. The zero-order chi connectivity index (χ0) is 22.5. The van der Waals surface area contributed by atoms with Gasteiger partial charge in [0.25, 0.3) is 0 Å². The van der Waals surface area contributed by atoms with E-state index in [1.165, 1.54) is 18.5 Å². The SMILES string of the molecule is CCN(C)C(=O)N[C@@H](C)c1ccc(O[C@@H]2CCN(c3ccc(OCC4CC4)cc3)C2)cc1. The van der Waals surface area contributed by atoms with Crippen molar-refractivity contribution in [3.05, 3.63) is 54.1 Å². The molecule has 0 spiro atoms. The standard InChI is InChI=1S/C26H35N3O3/c1-4-28(3)26(30)27-19(2)21-7-11-24(12-8-21)32-25-15-16-29(17-25)22-9-13-23(14-10-22)31-18-20-5-6-20/h7-14,19-20,25H,4-6,15-18H2,1-3H3,(H,27,30)/t19-,25+/m0/s1. The highest BCUT2D eigenvalue weighted by Gasteiger charge is 2.25. The number of rotatable bonds is 9. The number of nitrogens with one attached hydrogen (secondary N) is 1. The van der Waals surface area contributed by atoms with Crippen molar-refractivity contribution in [3.63, 3.8) is 0 Å². The lowest BCUT2D eigenvalue weighted by molar-refractivity contribution is 0.207. The van der Waals surface area contributed by atoms with Gasteiger partial charge in [0.1, 0.15) is 17.6 Å². The second-order valence-electron chi connectivity index (χ2n) is 8.98. The molecule has 2 fully saturated rings. The van der Waals surface area contributed by atoms with E-state index in [2.05, 4.69) is 34.5 Å². The molecule has 172 valence electrons. The highest BCUT2D eigenvalue weighted by Crippen LogP contribution is 2.30. The van der Waals surface area contributed by atoms with Crippen LogP contribution in [0.5, 0.6) is 11.5 Å². The number of hydrogen-bond acceptors (Lipinski definition) is 4. The number of carbonyl (C=O) groups is 1. The van der Waals surface area contributed by atoms with Crippen molar-refractivity contribution in [2.45, 2.75) is 45.3 Å². The van der Waals surface area contributed by atoms with E-state index in [1.54, 1.807) is 11.9 Å². The maximum absolute atomic E-state index is 12.1. The maximum atomic E-state index is 12.1. The van der Waals surface area contributed by atoms with Gasteiger partial charge in [0, 0.05) is 32.2 Å². The Bertz CT molecular complexity index is 880. The van der Waals surface area contributed by atoms with Crippen LogP contribution in [0.25, 0.3) is 0 Å². The lowest BCUT2D eigenvalue weighted by Gasteiger charge is -2.21. The minimum Gasteiger partial charge on any atom is -0.493 e. The van der Waals surface area contributed by atoms with Crippen LogP contribution in [0.15, 0.2) is 48.5 Å². The normalized spacial score (nSPS) is 18.8. The average molecular weight is 438 g/mol. The van der Waals surface area contributed by atoms with E-state index < -0.39 is 0 Å². The summed E-state index contributed by atoms with van der Waals surface area (Å²) in [6, 6.07) is 16.4. The molecular formula is C26H35N3O3. The second kappa shape index (κ2) is 10.2. The molecule has 32 heavy (non-hydrogen) atoms. The van der Waals surface area contributed by atoms with Crippen molar-refractivity contribution >= 4 is 11.7 Å². The lowest BCUT2D eigenvalue weighted by Crippen LogP contribution is -2.38. The van der Waals surface area contributed by atoms with Gasteiger partial charge < -0.3 is 24.6 Å². The van der Waals surface area contributed by atoms with E-state index in [1.807, 2.05) is 38.1 Å². The molecule has 0 bridgehead atoms. The Morgan fingerprint density at radius 3 is 2.44 bits per heavy atom. The van der Waals surface area contributed by atoms with Gasteiger partial charge in [0.15, 0.2) is 0 Å². The molecule has 1 aliphatic carbocycles. The molecule has 1 saturated carbocycles. The van der Waals surface area contributed by atoms with E-state index in [-0.39, 0.29) is 18.2 Å². The number of ether oxygens (including phenoxy) is 2. The third kappa shape index (κ3) is 5.87. The van der Waals surface area contributed by atoms with E-state index in [9.17, 15) is 4.79 Å². The van der Waals surface area contributed by atoms with Crippen LogP contribution in [0.2, 0.25) is 0 Å². The minimum atomic E-state index is -0.0612. The van der Waals surface area contributed by atoms with Gasteiger partial charge in [-0.25, -0.2) is 4.79 Å². The molecule has 2 aromatic rings. The van der Waals surface area contributed by atoms with Crippen molar-refractivity contribution in [3.8, 4) is 11.5 Å². The Morgan fingerprint density at radius 2 is 1.78 bits per heavy atom. The van der Waals surface area contributed by atoms with Gasteiger partial charge in [-0.1, -0.05) is 12.1 Å². The van der Waals surface area contributed by atoms with Gasteiger partial charge in [-0.05, 0) is 74.6 Å². The molecule has 1 saturated heterocycles. The summed E-state index contributed by atoms with van der Waals surface area (Å²) in [5.74, 6) is 2.60. The Kier molecular flexibility index (Phi) is 7.08. The zero-order valence-electron chi connectivity index (χ0n) is 19.4. The largest absolute Gasteiger partial charge is 0.493 e. The summed E-state index contributed by atoms with van der Waals surface area (Å²) in [6.07, 6.45) is 3.78. The van der Waals surface area contributed by atoms with Crippen LogP contribution in [-0.4, -0.2) is 50.3 Å². The van der Waals surface area contributed by atoms with Crippen LogP contribution in [0, 0.1) is 5.92 Å². The van der Waals surface area contributed by atoms with Crippen molar-refractivity contribution < 1.29 is 14.3 Å². The number of benzene rings is 2. The molecule has 0 aromatic heterocycles. The summed E-state index contributed by atoms with van der Waals surface area (Å²) >= 11 is 0. The average Bonchev–Trinajstić information content (AvgIpc) is 3.54. The smallest absolute Gasteiger partial charge is 0.317 e. The number of nitrogens with zero attached hydrogens (tertiary/aromatic N) is 2. The molecule has 1 aliphatic heterocycles. The monoisotopic (exact) mass is 437 g/mol. The Morgan fingerprint density at radius 1 is 1.09 bits per heavy atom. The third-order valence-corrected chi connectivity index (χ3v) is 6.37. The second-order valence-corrected chi connectivity index (χ2v) is 8.98. The Labute approximate surface area is 191 Å². The van der Waals surface area contributed by atoms with E-state index >= 15 is 0 Å². The zero-order valence-corrected chi connectivity index (χ0v) is 19.4. The highest BCUT2D eigenvalue weighted by atomic mass is 16.5. The topological polar surface area (TPSA) is 54.0 Å². The van der Waals surface area contributed by atoms with E-state index in [0.717, 1.165) is 49.1 Å². The summed E-state index contributed by atoms with van der Waals surface area (Å²) in [6.45, 7) is 7.34. The van der Waals surface area contributed by atoms with Gasteiger partial charge >= 0.3 is 6.03 Å². The van der Waals surface area contributed by atoms with Crippen molar-refractivity contribution in [1.29, 1.82) is 0 Å². The van der Waals surface area contributed by atoms with Crippen molar-refractivity contribution in [1.82, 2.24) is 10.2 Å². The van der Waals surface area contributed by atoms with E-state index in [0.29, 0.717) is 6.54 Å². The van der Waals surface area contributed by atoms with Gasteiger partial charge in [-0.2, -0.15) is 0 Å². The van der Waals surface area contributed by atoms with Crippen LogP contribution in [0.4, 0.5) is 10.5 Å². The van der Waals surface area contributed by atoms with Gasteiger partial charge in [0.2, 0.25) is 0 Å². The number of amides is 2. The first-order valence-corrected chi connectivity index (χ1v) is 11.8. The highest BCUT2D eigenvalue weighted by molar-refractivity contribution is 5.74. The van der Waals surface area contributed by atoms with Crippen LogP contribution in [0.3, 0.4) is 0 Å². The molecule has 0 unspecified atom stereocenters. The van der Waals surface area contributed by atoms with Gasteiger partial charge in [-0.3, -0.25) is 0 Å². The molecule has 6 heteroatoms. The molecule has 2 aromatic carbocycles. The van der Waals surface area contributed by atoms with Crippen LogP contribution < -0.4 is 19.7 Å². The molecule has 2 aliphatic rings. The molecule has 0 radical (unpaired) electrons. The predicted octanol–water partition coefficient (Wildman–Crippen LogP) is 4.86. The summed E-state index contributed by atoms with van der Waals surface area (Å²) < 4.78 is 12.1. The fourth-order valence-electron chi connectivity index (χ4n) is 3.86. The predicted molar refractivity (Wildman–Crippen MR) is 128 cm³/mol. The number of hydrogen-bond donors (Lipinski definition) is 1. The summed E-state index contributed by atoms with van der Waals surface area (Å²) in [5.41, 5.74) is 2.28. The minimum absolute atomic E-state index is 0.0521. The summed E-state index contributed by atoms with van der Waals surface area (Å²) in [7, 11) is 1.79. The quantitative estimate of drug-likeness (QED) is 0.609. The number of carbonyl (C=O) groups excluding carboxylic acids is 1. The molecular weight excluding hydrogens is 402 g/mol. The molecule has 4 rings (SSSR count). The first-order valence-electron chi connectivity index (χ1n) is 11.8. The Hall–Kier alpha value is -2.89. The molecule has 1 N–H and O–H groups in total. The molecule has 2 atom stereocenters. The first kappa shape index (κ1) is 22.3. The van der Waals surface area contributed by atoms with Crippen LogP contribution >= 0.6 is 0 Å². The first-order chi connectivity index (χ1) is 15.5. The van der Waals surface area contributed by atoms with Gasteiger partial charge in [0.05, 0.1) is 19.2 Å². The summed E-state index contributed by atoms with van der Waals surface area (Å²) in [4.78, 5) is 16.1.